The number of ether oxygens (including phenoxy) is 1. The van der Waals surface area contributed by atoms with Crippen LogP contribution in [0.15, 0.2) is 48.5 Å². The second-order valence-electron chi connectivity index (χ2n) is 13.3. The van der Waals surface area contributed by atoms with Crippen molar-refractivity contribution < 1.29 is 23.8 Å². The van der Waals surface area contributed by atoms with Crippen molar-refractivity contribution in [2.45, 2.75) is 78.9 Å². The molecule has 2 N–H and O–H groups in total. The van der Waals surface area contributed by atoms with Gasteiger partial charge in [-0.3, -0.25) is 9.78 Å². The number of aromatic nitrogens is 1. The fraction of sp³-hybridized carbons (Fsp3) is 0.417. The number of hydrogen-bond donors (Lipinski definition) is 2. The van der Waals surface area contributed by atoms with Gasteiger partial charge in [0.2, 0.25) is 0 Å². The number of aryl methyl sites for hydroxylation is 2. The fourth-order valence-electron chi connectivity index (χ4n) is 6.89. The highest BCUT2D eigenvalue weighted by Crippen LogP contribution is 2.41. The van der Waals surface area contributed by atoms with Crippen molar-refractivity contribution in [3.63, 3.8) is 0 Å². The van der Waals surface area contributed by atoms with E-state index < -0.39 is 11.9 Å². The second kappa shape index (κ2) is 13.6. The summed E-state index contributed by atoms with van der Waals surface area (Å²) in [7, 11) is 1.62. The molecule has 1 aliphatic rings. The molecule has 4 aromatic rings. The molecule has 244 valence electrons. The van der Waals surface area contributed by atoms with Crippen LogP contribution in [-0.4, -0.2) is 46.2 Å². The lowest BCUT2D eigenvalue weighted by molar-refractivity contribution is 0.0543. The summed E-state index contributed by atoms with van der Waals surface area (Å²) in [5, 5.41) is 12.7. The number of carboxylic acid groups (broad SMARTS) is 1. The van der Waals surface area contributed by atoms with Crippen LogP contribution < -0.4 is 10.1 Å². The molecule has 46 heavy (non-hydrogen) atoms. The van der Waals surface area contributed by atoms with Gasteiger partial charge in [-0.05, 0) is 98.4 Å². The zero-order chi connectivity index (χ0) is 33.3. The first-order chi connectivity index (χ1) is 21.8. The van der Waals surface area contributed by atoms with E-state index in [1.54, 1.807) is 19.2 Å². The van der Waals surface area contributed by atoms with Crippen molar-refractivity contribution in [2.24, 2.45) is 11.3 Å². The molecule has 1 atom stereocenters. The van der Waals surface area contributed by atoms with Gasteiger partial charge in [-0.2, -0.15) is 0 Å². The van der Waals surface area contributed by atoms with E-state index in [2.05, 4.69) is 16.4 Å². The number of nitrogens with zero attached hydrogens (tertiary/aromatic N) is 2. The molecule has 10 heteroatoms. The number of carbonyl (C=O) groups is 2. The largest absolute Gasteiger partial charge is 0.496 e. The maximum Gasteiger partial charge on any atom is 0.404 e. The summed E-state index contributed by atoms with van der Waals surface area (Å²) in [6.45, 7) is 10.3. The summed E-state index contributed by atoms with van der Waals surface area (Å²) in [5.41, 5.74) is 4.41. The molecule has 0 saturated heterocycles. The third-order valence-corrected chi connectivity index (χ3v) is 10.6. The quantitative estimate of drug-likeness (QED) is 0.196. The predicted molar refractivity (Wildman–Crippen MR) is 183 cm³/mol. The summed E-state index contributed by atoms with van der Waals surface area (Å²) in [4.78, 5) is 32.8. The number of halogens is 2. The molecule has 2 aromatic carbocycles. The number of carbonyl (C=O) groups excluding carboxylic acids is 1. The molecule has 1 fully saturated rings. The smallest absolute Gasteiger partial charge is 0.404 e. The molecule has 5 rings (SSSR count). The summed E-state index contributed by atoms with van der Waals surface area (Å²) in [5.74, 6) is 0.0708. The van der Waals surface area contributed by atoms with E-state index in [0.717, 1.165) is 40.9 Å². The van der Waals surface area contributed by atoms with E-state index >= 15 is 0 Å². The van der Waals surface area contributed by atoms with Crippen LogP contribution >= 0.6 is 22.9 Å². The van der Waals surface area contributed by atoms with E-state index in [1.165, 1.54) is 17.4 Å². The van der Waals surface area contributed by atoms with Crippen LogP contribution in [0.4, 0.5) is 9.18 Å². The molecule has 0 bridgehead atoms. The second-order valence-corrected chi connectivity index (χ2v) is 14.7. The van der Waals surface area contributed by atoms with E-state index in [0.29, 0.717) is 28.2 Å². The molecule has 1 aliphatic carbocycles. The Kier molecular flexibility index (Phi) is 9.94. The maximum absolute atomic E-state index is 14.8. The molecule has 1 saturated carbocycles. The van der Waals surface area contributed by atoms with Gasteiger partial charge >= 0.3 is 6.09 Å². The Bertz CT molecular complexity index is 1740. The molecule has 7 nitrogen and oxygen atoms in total. The zero-order valence-electron chi connectivity index (χ0n) is 27.1. The van der Waals surface area contributed by atoms with Gasteiger partial charge in [-0.1, -0.05) is 44.5 Å². The van der Waals surface area contributed by atoms with Crippen molar-refractivity contribution in [3.05, 3.63) is 81.2 Å². The highest BCUT2D eigenvalue weighted by atomic mass is 35.5. The number of hydrogen-bond acceptors (Lipinski definition) is 5. The van der Waals surface area contributed by atoms with E-state index in [9.17, 15) is 19.1 Å². The topological polar surface area (TPSA) is 91.8 Å². The molecule has 0 radical (unpaired) electrons. The van der Waals surface area contributed by atoms with Crippen LogP contribution in [0.3, 0.4) is 0 Å². The first-order valence-electron chi connectivity index (χ1n) is 15.6. The minimum atomic E-state index is -1.03. The number of rotatable bonds is 8. The first kappa shape index (κ1) is 33.7. The third kappa shape index (κ3) is 7.15. The number of pyridine rings is 1. The van der Waals surface area contributed by atoms with Gasteiger partial charge in [0, 0.05) is 45.7 Å². The van der Waals surface area contributed by atoms with Crippen molar-refractivity contribution in [1.82, 2.24) is 15.2 Å². The summed E-state index contributed by atoms with van der Waals surface area (Å²) >= 11 is 7.93. The first-order valence-corrected chi connectivity index (χ1v) is 16.8. The minimum Gasteiger partial charge on any atom is -0.496 e. The van der Waals surface area contributed by atoms with Crippen molar-refractivity contribution in [3.8, 4) is 16.9 Å². The van der Waals surface area contributed by atoms with E-state index in [1.807, 2.05) is 63.8 Å². The van der Waals surface area contributed by atoms with Gasteiger partial charge in [0.05, 0.1) is 12.1 Å². The average Bonchev–Trinajstić information content (AvgIpc) is 3.34. The molecule has 0 aliphatic heterocycles. The Morgan fingerprint density at radius 3 is 2.35 bits per heavy atom. The Labute approximate surface area is 278 Å². The zero-order valence-corrected chi connectivity index (χ0v) is 28.7. The van der Waals surface area contributed by atoms with Gasteiger partial charge in [0.15, 0.2) is 0 Å². The molecule has 1 unspecified atom stereocenters. The fourth-order valence-corrected chi connectivity index (χ4v) is 8.40. The lowest BCUT2D eigenvalue weighted by atomic mass is 9.72. The SMILES string of the molecule is COc1ccc(-c2cc(C)nc(C)c2)cc1CN(C(=O)c1sc2cccc(F)c2c1Cl)C1CCC(C(NC(=O)O)C(C)(C)C)CC1. The highest BCUT2D eigenvalue weighted by molar-refractivity contribution is 7.21. The van der Waals surface area contributed by atoms with Crippen LogP contribution in [0.25, 0.3) is 21.2 Å². The number of amides is 2. The Balaban J connectivity index is 1.52. The number of nitrogens with one attached hydrogen (secondary N) is 1. The van der Waals surface area contributed by atoms with Crippen LogP contribution in [0.5, 0.6) is 5.75 Å². The minimum absolute atomic E-state index is 0.127. The molecular formula is C36H41ClFN3O4S. The predicted octanol–water partition coefficient (Wildman–Crippen LogP) is 9.26. The van der Waals surface area contributed by atoms with Gasteiger partial charge in [0.1, 0.15) is 16.4 Å². The van der Waals surface area contributed by atoms with Crippen LogP contribution in [0.1, 0.15) is 73.1 Å². The Morgan fingerprint density at radius 1 is 1.09 bits per heavy atom. The summed E-state index contributed by atoms with van der Waals surface area (Å²) in [6, 6.07) is 14.4. The van der Waals surface area contributed by atoms with Gasteiger partial charge in [-0.25, -0.2) is 9.18 Å². The monoisotopic (exact) mass is 665 g/mol. The van der Waals surface area contributed by atoms with Crippen molar-refractivity contribution in [1.29, 1.82) is 0 Å². The standard InChI is InChI=1S/C36H41ClFN3O4S/c1-20-16-24(17-21(2)39-20)23-12-15-28(45-6)25(18-23)19-41(34(42)32-31(37)30-27(38)8-7-9-29(30)46-32)26-13-10-22(11-14-26)33(36(3,4)5)40-35(43)44/h7-9,12,15-18,22,26,33,40H,10-11,13-14,19H2,1-6H3,(H,43,44). The van der Waals surface area contributed by atoms with Gasteiger partial charge in [0.25, 0.3) is 5.91 Å². The lowest BCUT2D eigenvalue weighted by Crippen LogP contribution is -2.50. The molecule has 0 spiro atoms. The molecule has 2 aromatic heterocycles. The van der Waals surface area contributed by atoms with Gasteiger partial charge in [-0.15, -0.1) is 11.3 Å². The molecule has 2 amide bonds. The van der Waals surface area contributed by atoms with E-state index in [-0.39, 0.29) is 46.3 Å². The van der Waals surface area contributed by atoms with Crippen LogP contribution in [0.2, 0.25) is 5.02 Å². The average molecular weight is 666 g/mol. The van der Waals surface area contributed by atoms with Crippen LogP contribution in [0, 0.1) is 31.0 Å². The lowest BCUT2D eigenvalue weighted by Gasteiger charge is -2.43. The van der Waals surface area contributed by atoms with Crippen molar-refractivity contribution in [2.75, 3.05) is 7.11 Å². The maximum atomic E-state index is 14.8. The summed E-state index contributed by atoms with van der Waals surface area (Å²) < 4.78 is 21.2. The number of methoxy groups -OCH3 is 1. The Hall–Kier alpha value is -3.69. The number of fused-ring (bicyclic) bond motifs is 1. The molecular weight excluding hydrogens is 625 g/mol. The number of benzene rings is 2. The van der Waals surface area contributed by atoms with Crippen LogP contribution in [-0.2, 0) is 6.54 Å². The van der Waals surface area contributed by atoms with Gasteiger partial charge < -0.3 is 20.1 Å². The summed E-state index contributed by atoms with van der Waals surface area (Å²) in [6.07, 6.45) is 1.84. The normalized spacial score (nSPS) is 17.5. The highest BCUT2D eigenvalue weighted by Gasteiger charge is 2.39. The molecule has 2 heterocycles. The van der Waals surface area contributed by atoms with E-state index in [4.69, 9.17) is 16.3 Å². The Morgan fingerprint density at radius 2 is 1.76 bits per heavy atom. The number of thiophene rings is 1. The van der Waals surface area contributed by atoms with Crippen molar-refractivity contribution >= 4 is 45.0 Å². The third-order valence-electron chi connectivity index (χ3n) is 8.96.